The molecular formula is C42H47Cl2N7O6. The summed E-state index contributed by atoms with van der Waals surface area (Å²) in [4.78, 5) is 52.7. The molecule has 0 spiro atoms. The largest absolute Gasteiger partial charge is 0.496 e. The lowest BCUT2D eigenvalue weighted by Crippen LogP contribution is -2.44. The number of halogens is 2. The molecule has 13 nitrogen and oxygen atoms in total. The SMILES string of the molecule is COc1cc(C(=O)Nc2cccc(-c3nccc(-c4ccc(CNC5CCN(C(C)=O)CC5)c(OC)n4)c3Cl)c2Cl)ncc1CNCC12CCC(C(=O)O)(CC1)C2. The summed E-state index contributed by atoms with van der Waals surface area (Å²) in [5.41, 5.74) is 3.76. The molecule has 1 aliphatic heterocycles. The Hall–Kier alpha value is -4.82. The molecule has 0 unspecified atom stereocenters. The third-order valence-corrected chi connectivity index (χ3v) is 12.8. The van der Waals surface area contributed by atoms with Gasteiger partial charge in [-0.15, -0.1) is 0 Å². The molecular weight excluding hydrogens is 769 g/mol. The molecule has 4 heterocycles. The number of aromatic nitrogens is 3. The number of nitrogens with zero attached hydrogens (tertiary/aromatic N) is 4. The molecule has 2 aliphatic carbocycles. The van der Waals surface area contributed by atoms with Crippen LogP contribution in [0.25, 0.3) is 22.5 Å². The standard InChI is InChI=1S/C42H47Cl2N7O6/c1-25(52)51-17-10-28(11-18-51)47-21-26-7-8-31(50-39(26)57-3)29-9-16-46-37(36(29)44)30-5-4-6-32(35(30)43)49-38(53)33-19-34(56-2)27(22-48-33)20-45-24-41-12-14-42(23-41,15-13-41)40(54)55/h4-9,16,19,22,28,45,47H,10-15,17-18,20-21,23-24H2,1-3H3,(H,49,53)(H,54,55). The number of anilines is 1. The van der Waals surface area contributed by atoms with Crippen molar-refractivity contribution in [2.75, 3.05) is 39.2 Å². The third-order valence-electron chi connectivity index (χ3n) is 12.0. The van der Waals surface area contributed by atoms with Crippen molar-refractivity contribution >= 4 is 46.7 Å². The molecule has 3 aromatic heterocycles. The van der Waals surface area contributed by atoms with Gasteiger partial charge >= 0.3 is 5.97 Å². The lowest BCUT2D eigenvalue weighted by atomic mass is 9.82. The number of fused-ring (bicyclic) bond motifs is 2. The number of carbonyl (C=O) groups is 3. The zero-order chi connectivity index (χ0) is 40.3. The van der Waals surface area contributed by atoms with Crippen LogP contribution in [-0.4, -0.2) is 82.6 Å². The van der Waals surface area contributed by atoms with Crippen LogP contribution in [0.15, 0.2) is 54.9 Å². The summed E-state index contributed by atoms with van der Waals surface area (Å²) in [6.45, 7) is 4.83. The van der Waals surface area contributed by atoms with Gasteiger partial charge in [-0.2, -0.15) is 0 Å². The molecule has 300 valence electrons. The van der Waals surface area contributed by atoms with Crippen molar-refractivity contribution in [3.05, 3.63) is 81.7 Å². The molecule has 2 saturated carbocycles. The maximum Gasteiger partial charge on any atom is 0.309 e. The van der Waals surface area contributed by atoms with E-state index in [0.717, 1.165) is 62.7 Å². The number of aliphatic carboxylic acids is 1. The van der Waals surface area contributed by atoms with Crippen LogP contribution in [0.1, 0.15) is 73.5 Å². The smallest absolute Gasteiger partial charge is 0.309 e. The number of methoxy groups -OCH3 is 2. The summed E-state index contributed by atoms with van der Waals surface area (Å²) in [5, 5.41) is 20.3. The van der Waals surface area contributed by atoms with Crippen LogP contribution < -0.4 is 25.4 Å². The first kappa shape index (κ1) is 40.4. The molecule has 57 heavy (non-hydrogen) atoms. The van der Waals surface area contributed by atoms with E-state index in [1.807, 2.05) is 17.0 Å². The number of ether oxygens (including phenoxy) is 2. The van der Waals surface area contributed by atoms with E-state index >= 15 is 0 Å². The second kappa shape index (κ2) is 17.0. The lowest BCUT2D eigenvalue weighted by Gasteiger charge is -2.31. The number of hydrogen-bond acceptors (Lipinski definition) is 10. The van der Waals surface area contributed by atoms with E-state index in [0.29, 0.717) is 77.0 Å². The van der Waals surface area contributed by atoms with Crippen molar-refractivity contribution < 1.29 is 29.0 Å². The van der Waals surface area contributed by atoms with Gasteiger partial charge in [0, 0.05) is 86.4 Å². The highest BCUT2D eigenvalue weighted by atomic mass is 35.5. The monoisotopic (exact) mass is 815 g/mol. The fourth-order valence-electron chi connectivity index (χ4n) is 8.64. The fourth-order valence-corrected chi connectivity index (χ4v) is 9.22. The van der Waals surface area contributed by atoms with Crippen molar-refractivity contribution in [3.8, 4) is 34.1 Å². The molecule has 1 saturated heterocycles. The van der Waals surface area contributed by atoms with Crippen molar-refractivity contribution in [2.24, 2.45) is 10.8 Å². The zero-order valence-corrected chi connectivity index (χ0v) is 33.8. The van der Waals surface area contributed by atoms with E-state index in [1.54, 1.807) is 63.9 Å². The number of rotatable bonds is 14. The Morgan fingerprint density at radius 3 is 2.39 bits per heavy atom. The summed E-state index contributed by atoms with van der Waals surface area (Å²) in [7, 11) is 3.12. The molecule has 15 heteroatoms. The van der Waals surface area contributed by atoms with Gasteiger partial charge < -0.3 is 35.4 Å². The highest BCUT2D eigenvalue weighted by molar-refractivity contribution is 6.39. The lowest BCUT2D eigenvalue weighted by molar-refractivity contribution is -0.148. The number of carboxylic acid groups (broad SMARTS) is 1. The molecule has 0 radical (unpaired) electrons. The molecule has 4 aromatic rings. The molecule has 2 bridgehead atoms. The van der Waals surface area contributed by atoms with Crippen LogP contribution in [-0.2, 0) is 22.7 Å². The van der Waals surface area contributed by atoms with Gasteiger partial charge in [-0.3, -0.25) is 24.4 Å². The Kier molecular flexibility index (Phi) is 12.0. The summed E-state index contributed by atoms with van der Waals surface area (Å²) < 4.78 is 11.3. The Morgan fingerprint density at radius 1 is 0.930 bits per heavy atom. The maximum absolute atomic E-state index is 13.5. The first-order chi connectivity index (χ1) is 27.4. The second-order valence-corrected chi connectivity index (χ2v) is 16.2. The summed E-state index contributed by atoms with van der Waals surface area (Å²) in [6, 6.07) is 12.7. The molecule has 2 amide bonds. The van der Waals surface area contributed by atoms with Gasteiger partial charge in [-0.25, -0.2) is 4.98 Å². The average Bonchev–Trinajstić information content (AvgIpc) is 3.79. The van der Waals surface area contributed by atoms with Crippen LogP contribution >= 0.6 is 23.2 Å². The molecule has 3 aliphatic rings. The minimum atomic E-state index is -0.675. The summed E-state index contributed by atoms with van der Waals surface area (Å²) in [6.07, 6.45) is 8.99. The number of amides is 2. The Bertz CT molecular complexity index is 2170. The number of carbonyl (C=O) groups excluding carboxylic acids is 2. The Morgan fingerprint density at radius 2 is 1.70 bits per heavy atom. The van der Waals surface area contributed by atoms with Crippen molar-refractivity contribution in [2.45, 2.75) is 71.0 Å². The van der Waals surface area contributed by atoms with Crippen molar-refractivity contribution in [1.29, 1.82) is 0 Å². The number of likely N-dealkylation sites (tertiary alicyclic amines) is 1. The van der Waals surface area contributed by atoms with E-state index in [1.165, 1.54) is 0 Å². The van der Waals surface area contributed by atoms with E-state index in [-0.39, 0.29) is 22.0 Å². The average molecular weight is 817 g/mol. The summed E-state index contributed by atoms with van der Waals surface area (Å²) >= 11 is 13.9. The Labute approximate surface area is 341 Å². The highest BCUT2D eigenvalue weighted by Crippen LogP contribution is 2.61. The maximum atomic E-state index is 13.5. The zero-order valence-electron chi connectivity index (χ0n) is 32.3. The number of carboxylic acids is 1. The normalized spacial score (nSPS) is 20.4. The number of hydrogen-bond donors (Lipinski definition) is 4. The molecule has 7 rings (SSSR count). The van der Waals surface area contributed by atoms with Gasteiger partial charge in [0.25, 0.3) is 5.91 Å². The topological polar surface area (TPSA) is 168 Å². The van der Waals surface area contributed by atoms with Crippen LogP contribution in [0, 0.1) is 10.8 Å². The van der Waals surface area contributed by atoms with Gasteiger partial charge in [0.2, 0.25) is 11.8 Å². The van der Waals surface area contributed by atoms with Gasteiger partial charge in [-0.1, -0.05) is 41.4 Å². The van der Waals surface area contributed by atoms with Crippen LogP contribution in [0.4, 0.5) is 5.69 Å². The molecule has 0 atom stereocenters. The first-order valence-corrected chi connectivity index (χ1v) is 20.0. The van der Waals surface area contributed by atoms with Gasteiger partial charge in [0.15, 0.2) is 0 Å². The fraction of sp³-hybridized carbons (Fsp3) is 0.429. The number of piperidine rings is 1. The Balaban J connectivity index is 1.01. The minimum Gasteiger partial charge on any atom is -0.496 e. The molecule has 1 aromatic carbocycles. The molecule has 3 fully saturated rings. The molecule has 4 N–H and O–H groups in total. The van der Waals surface area contributed by atoms with Gasteiger partial charge in [0.05, 0.1) is 46.8 Å². The van der Waals surface area contributed by atoms with Crippen molar-refractivity contribution in [1.82, 2.24) is 30.5 Å². The third kappa shape index (κ3) is 8.43. The predicted molar refractivity (Wildman–Crippen MR) is 218 cm³/mol. The van der Waals surface area contributed by atoms with E-state index in [4.69, 9.17) is 37.7 Å². The number of nitrogens with one attached hydrogen (secondary N) is 3. The highest BCUT2D eigenvalue weighted by Gasteiger charge is 2.57. The number of pyridine rings is 3. The van der Waals surface area contributed by atoms with E-state index in [9.17, 15) is 19.5 Å². The van der Waals surface area contributed by atoms with Gasteiger partial charge in [0.1, 0.15) is 11.4 Å². The predicted octanol–water partition coefficient (Wildman–Crippen LogP) is 7.01. The van der Waals surface area contributed by atoms with Gasteiger partial charge in [-0.05, 0) is 68.6 Å². The minimum absolute atomic E-state index is 0.000490. The van der Waals surface area contributed by atoms with Crippen LogP contribution in [0.3, 0.4) is 0 Å². The van der Waals surface area contributed by atoms with Crippen LogP contribution in [0.2, 0.25) is 10.0 Å². The quantitative estimate of drug-likeness (QED) is 0.103. The summed E-state index contributed by atoms with van der Waals surface area (Å²) in [5.74, 6) is -0.0680. The second-order valence-electron chi connectivity index (χ2n) is 15.4. The van der Waals surface area contributed by atoms with E-state index < -0.39 is 17.3 Å². The van der Waals surface area contributed by atoms with E-state index in [2.05, 4.69) is 25.9 Å². The first-order valence-electron chi connectivity index (χ1n) is 19.2. The number of benzene rings is 1. The van der Waals surface area contributed by atoms with Crippen molar-refractivity contribution in [3.63, 3.8) is 0 Å². The van der Waals surface area contributed by atoms with Crippen LogP contribution in [0.5, 0.6) is 11.6 Å².